The van der Waals surface area contributed by atoms with Gasteiger partial charge in [0.15, 0.2) is 6.61 Å². The molecule has 0 aromatic heterocycles. The summed E-state index contributed by atoms with van der Waals surface area (Å²) in [7, 11) is -3.99. The van der Waals surface area contributed by atoms with Gasteiger partial charge in [-0.3, -0.25) is 9.59 Å². The Hall–Kier alpha value is -2.70. The standard InChI is InChI=1S/C20H22F2N2O6S2/c1-31-12-11-16(24-32(27,28)14-7-3-2-4-8-14)19(26)29-13-18(25)23-15-9-5-6-10-17(15)30-20(21)22/h2-10,16,20,24H,11-13H2,1H3,(H,23,25). The van der Waals surface area contributed by atoms with Gasteiger partial charge in [-0.1, -0.05) is 30.3 Å². The minimum absolute atomic E-state index is 0.0182. The van der Waals surface area contributed by atoms with Crippen LogP contribution in [0.15, 0.2) is 59.5 Å². The molecule has 1 unspecified atom stereocenters. The molecular formula is C20H22F2N2O6S2. The van der Waals surface area contributed by atoms with Crippen LogP contribution in [0.1, 0.15) is 6.42 Å². The Morgan fingerprint density at radius 1 is 1.06 bits per heavy atom. The highest BCUT2D eigenvalue weighted by atomic mass is 32.2. The number of benzene rings is 2. The van der Waals surface area contributed by atoms with Gasteiger partial charge in [-0.05, 0) is 42.7 Å². The van der Waals surface area contributed by atoms with Crippen LogP contribution in [0.3, 0.4) is 0 Å². The zero-order chi connectivity index (χ0) is 23.6. The molecule has 1 atom stereocenters. The molecule has 0 spiro atoms. The number of halogens is 2. The van der Waals surface area contributed by atoms with Gasteiger partial charge in [0.05, 0.1) is 10.6 Å². The van der Waals surface area contributed by atoms with Crippen molar-refractivity contribution >= 4 is 39.3 Å². The van der Waals surface area contributed by atoms with Crippen molar-refractivity contribution in [3.63, 3.8) is 0 Å². The number of rotatable bonds is 12. The Bertz CT molecular complexity index is 1010. The number of hydrogen-bond acceptors (Lipinski definition) is 7. The summed E-state index contributed by atoms with van der Waals surface area (Å²) < 4.78 is 61.6. The fourth-order valence-electron chi connectivity index (χ4n) is 2.51. The molecule has 0 fully saturated rings. The minimum Gasteiger partial charge on any atom is -0.454 e. The number of hydrogen-bond donors (Lipinski definition) is 2. The van der Waals surface area contributed by atoms with Crippen LogP contribution in [0, 0.1) is 0 Å². The number of alkyl halides is 2. The Morgan fingerprint density at radius 3 is 2.38 bits per heavy atom. The summed E-state index contributed by atoms with van der Waals surface area (Å²) in [6.45, 7) is -3.83. The topological polar surface area (TPSA) is 111 Å². The fourth-order valence-corrected chi connectivity index (χ4v) is 4.22. The number of esters is 1. The van der Waals surface area contributed by atoms with Crippen LogP contribution >= 0.6 is 11.8 Å². The zero-order valence-electron chi connectivity index (χ0n) is 17.0. The highest BCUT2D eigenvalue weighted by molar-refractivity contribution is 7.98. The molecule has 2 N–H and O–H groups in total. The minimum atomic E-state index is -3.99. The van der Waals surface area contributed by atoms with Crippen molar-refractivity contribution < 1.29 is 36.3 Å². The predicted molar refractivity (Wildman–Crippen MR) is 116 cm³/mol. The average molecular weight is 489 g/mol. The SMILES string of the molecule is CSCCC(NS(=O)(=O)c1ccccc1)C(=O)OCC(=O)Nc1ccccc1OC(F)F. The molecule has 1 amide bonds. The third kappa shape index (κ3) is 8.09. The molecule has 0 bridgehead atoms. The molecule has 0 radical (unpaired) electrons. The second kappa shape index (κ2) is 12.4. The van der Waals surface area contributed by atoms with Crippen molar-refractivity contribution in [1.82, 2.24) is 4.72 Å². The summed E-state index contributed by atoms with van der Waals surface area (Å²) in [6, 6.07) is 11.8. The van der Waals surface area contributed by atoms with Gasteiger partial charge in [-0.25, -0.2) is 8.42 Å². The second-order valence-corrected chi connectivity index (χ2v) is 9.00. The van der Waals surface area contributed by atoms with Crippen molar-refractivity contribution in [3.8, 4) is 5.75 Å². The maximum absolute atomic E-state index is 12.5. The van der Waals surface area contributed by atoms with Crippen LogP contribution in [0.25, 0.3) is 0 Å². The summed E-state index contributed by atoms with van der Waals surface area (Å²) >= 11 is 1.40. The summed E-state index contributed by atoms with van der Waals surface area (Å²) in [5, 5.41) is 2.31. The Labute approximate surface area is 188 Å². The van der Waals surface area contributed by atoms with E-state index in [2.05, 4.69) is 14.8 Å². The van der Waals surface area contributed by atoms with Crippen LogP contribution in [-0.2, 0) is 24.3 Å². The molecule has 12 heteroatoms. The smallest absolute Gasteiger partial charge is 0.387 e. The normalized spacial score (nSPS) is 12.2. The van der Waals surface area contributed by atoms with E-state index in [1.807, 2.05) is 0 Å². The molecule has 0 saturated heterocycles. The highest BCUT2D eigenvalue weighted by Crippen LogP contribution is 2.25. The number of anilines is 1. The average Bonchev–Trinajstić information content (AvgIpc) is 2.76. The van der Waals surface area contributed by atoms with E-state index in [9.17, 15) is 26.8 Å². The monoisotopic (exact) mass is 488 g/mol. The molecule has 0 heterocycles. The summed E-state index contributed by atoms with van der Waals surface area (Å²) in [5.41, 5.74) is -0.0300. The molecule has 32 heavy (non-hydrogen) atoms. The maximum Gasteiger partial charge on any atom is 0.387 e. The van der Waals surface area contributed by atoms with Crippen LogP contribution in [0.2, 0.25) is 0 Å². The number of nitrogens with one attached hydrogen (secondary N) is 2. The third-order valence-electron chi connectivity index (χ3n) is 3.97. The van der Waals surface area contributed by atoms with Gasteiger partial charge in [-0.2, -0.15) is 25.3 Å². The number of carbonyl (C=O) groups is 2. The van der Waals surface area contributed by atoms with Crippen LogP contribution in [-0.4, -0.2) is 51.6 Å². The van der Waals surface area contributed by atoms with Crippen molar-refractivity contribution in [1.29, 1.82) is 0 Å². The molecule has 0 saturated carbocycles. The zero-order valence-corrected chi connectivity index (χ0v) is 18.6. The Balaban J connectivity index is 2.00. The molecular weight excluding hydrogens is 466 g/mol. The maximum atomic E-state index is 12.5. The first-order chi connectivity index (χ1) is 15.2. The predicted octanol–water partition coefficient (Wildman–Crippen LogP) is 2.87. The summed E-state index contributed by atoms with van der Waals surface area (Å²) in [6.07, 6.45) is 1.93. The Kier molecular flexibility index (Phi) is 9.88. The molecule has 174 valence electrons. The van der Waals surface area contributed by atoms with E-state index in [0.29, 0.717) is 5.75 Å². The van der Waals surface area contributed by atoms with Crippen LogP contribution < -0.4 is 14.8 Å². The van der Waals surface area contributed by atoms with Gasteiger partial charge < -0.3 is 14.8 Å². The summed E-state index contributed by atoms with van der Waals surface area (Å²) in [4.78, 5) is 24.6. The molecule has 0 aliphatic rings. The lowest BCUT2D eigenvalue weighted by atomic mass is 10.2. The number of amides is 1. The fraction of sp³-hybridized carbons (Fsp3) is 0.300. The number of ether oxygens (including phenoxy) is 2. The molecule has 0 aliphatic heterocycles. The van der Waals surface area contributed by atoms with Crippen LogP contribution in [0.4, 0.5) is 14.5 Å². The van der Waals surface area contributed by atoms with Gasteiger partial charge >= 0.3 is 12.6 Å². The van der Waals surface area contributed by atoms with Gasteiger partial charge in [0.2, 0.25) is 10.0 Å². The molecule has 2 rings (SSSR count). The molecule has 2 aromatic carbocycles. The third-order valence-corrected chi connectivity index (χ3v) is 6.10. The van der Waals surface area contributed by atoms with E-state index >= 15 is 0 Å². The quantitative estimate of drug-likeness (QED) is 0.442. The lowest BCUT2D eigenvalue weighted by molar-refractivity contribution is -0.149. The van der Waals surface area contributed by atoms with E-state index in [1.165, 1.54) is 48.2 Å². The van der Waals surface area contributed by atoms with E-state index in [4.69, 9.17) is 4.74 Å². The first-order valence-electron chi connectivity index (χ1n) is 9.29. The first-order valence-corrected chi connectivity index (χ1v) is 12.2. The lowest BCUT2D eigenvalue weighted by Crippen LogP contribution is -2.43. The largest absolute Gasteiger partial charge is 0.454 e. The lowest BCUT2D eigenvalue weighted by Gasteiger charge is -2.17. The molecule has 2 aromatic rings. The van der Waals surface area contributed by atoms with Gasteiger partial charge in [-0.15, -0.1) is 0 Å². The number of sulfonamides is 1. The van der Waals surface area contributed by atoms with Gasteiger partial charge in [0.25, 0.3) is 5.91 Å². The van der Waals surface area contributed by atoms with Gasteiger partial charge in [0.1, 0.15) is 11.8 Å². The highest BCUT2D eigenvalue weighted by Gasteiger charge is 2.27. The van der Waals surface area contributed by atoms with Crippen molar-refractivity contribution in [2.24, 2.45) is 0 Å². The van der Waals surface area contributed by atoms with E-state index in [-0.39, 0.29) is 22.8 Å². The first kappa shape index (κ1) is 25.6. The van der Waals surface area contributed by atoms with E-state index < -0.39 is 41.2 Å². The number of para-hydroxylation sites is 2. The van der Waals surface area contributed by atoms with Crippen LogP contribution in [0.5, 0.6) is 5.75 Å². The van der Waals surface area contributed by atoms with E-state index in [0.717, 1.165) is 0 Å². The van der Waals surface area contributed by atoms with Crippen molar-refractivity contribution in [2.75, 3.05) is 23.9 Å². The van der Waals surface area contributed by atoms with Crippen molar-refractivity contribution in [3.05, 3.63) is 54.6 Å². The summed E-state index contributed by atoms with van der Waals surface area (Å²) in [5.74, 6) is -1.54. The molecule has 0 aliphatic carbocycles. The molecule has 8 nitrogen and oxygen atoms in total. The van der Waals surface area contributed by atoms with Gasteiger partial charge in [0, 0.05) is 0 Å². The Morgan fingerprint density at radius 2 is 1.72 bits per heavy atom. The van der Waals surface area contributed by atoms with E-state index in [1.54, 1.807) is 24.5 Å². The number of carbonyl (C=O) groups excluding carboxylic acids is 2. The second-order valence-electron chi connectivity index (χ2n) is 6.30. The van der Waals surface area contributed by atoms with Crippen molar-refractivity contribution in [2.45, 2.75) is 24.0 Å². The number of thioether (sulfide) groups is 1.